The standard InChI is InChI=1S/C6H13NO4/c8-3-1-7(10)2-5-11-6-4-9/h2,8-9H,1,3-6H2. The van der Waals surface area contributed by atoms with Crippen LogP contribution in [0.2, 0.25) is 0 Å². The van der Waals surface area contributed by atoms with Crippen LogP contribution in [0.25, 0.3) is 0 Å². The van der Waals surface area contributed by atoms with Gasteiger partial charge in [0.15, 0.2) is 12.8 Å². The van der Waals surface area contributed by atoms with Crippen LogP contribution in [0.1, 0.15) is 0 Å². The third-order valence-electron chi connectivity index (χ3n) is 0.952. The average Bonchev–Trinajstić information content (AvgIpc) is 1.99. The first-order chi connectivity index (χ1) is 5.31. The number of rotatable bonds is 6. The molecule has 0 aliphatic heterocycles. The lowest BCUT2D eigenvalue weighted by molar-refractivity contribution is -0.457. The van der Waals surface area contributed by atoms with Crippen molar-refractivity contribution in [3.05, 3.63) is 5.21 Å². The minimum Gasteiger partial charge on any atom is -0.624 e. The summed E-state index contributed by atoms with van der Waals surface area (Å²) in [6.45, 7) is 0.239. The lowest BCUT2D eigenvalue weighted by Crippen LogP contribution is -2.14. The zero-order valence-electron chi connectivity index (χ0n) is 6.27. The highest BCUT2D eigenvalue weighted by molar-refractivity contribution is 5.52. The zero-order valence-corrected chi connectivity index (χ0v) is 6.27. The van der Waals surface area contributed by atoms with Crippen molar-refractivity contribution in [2.24, 2.45) is 0 Å². The molecule has 0 spiro atoms. The molecule has 0 aromatic carbocycles. The van der Waals surface area contributed by atoms with E-state index in [0.717, 1.165) is 0 Å². The summed E-state index contributed by atoms with van der Waals surface area (Å²) in [7, 11) is 0. The topological polar surface area (TPSA) is 75.8 Å². The van der Waals surface area contributed by atoms with Crippen LogP contribution >= 0.6 is 0 Å². The van der Waals surface area contributed by atoms with Crippen molar-refractivity contribution in [2.75, 3.05) is 33.0 Å². The first-order valence-corrected chi connectivity index (χ1v) is 3.38. The Balaban J connectivity index is 3.24. The molecule has 0 bridgehead atoms. The molecule has 66 valence electrons. The monoisotopic (exact) mass is 163 g/mol. The minimum atomic E-state index is -0.167. The van der Waals surface area contributed by atoms with Crippen molar-refractivity contribution in [3.8, 4) is 0 Å². The second-order valence-corrected chi connectivity index (χ2v) is 1.85. The van der Waals surface area contributed by atoms with Gasteiger partial charge in [-0.1, -0.05) is 0 Å². The Labute approximate surface area is 65.1 Å². The number of nitrogens with zero attached hydrogens (tertiary/aromatic N) is 1. The molecular formula is C6H13NO4. The molecule has 2 N–H and O–H groups in total. The van der Waals surface area contributed by atoms with Gasteiger partial charge in [0, 0.05) is 0 Å². The van der Waals surface area contributed by atoms with Crippen LogP contribution in [0.3, 0.4) is 0 Å². The lowest BCUT2D eigenvalue weighted by Gasteiger charge is -2.01. The van der Waals surface area contributed by atoms with Gasteiger partial charge in [-0.05, 0) is 0 Å². The van der Waals surface area contributed by atoms with Crippen molar-refractivity contribution in [3.63, 3.8) is 0 Å². The van der Waals surface area contributed by atoms with Gasteiger partial charge < -0.3 is 20.2 Å². The van der Waals surface area contributed by atoms with Crippen LogP contribution in [-0.2, 0) is 4.74 Å². The van der Waals surface area contributed by atoms with Crippen molar-refractivity contribution in [2.45, 2.75) is 0 Å². The molecule has 0 fully saturated rings. The molecule has 5 nitrogen and oxygen atoms in total. The van der Waals surface area contributed by atoms with Crippen LogP contribution in [-0.4, -0.2) is 54.1 Å². The molecular weight excluding hydrogens is 150 g/mol. The van der Waals surface area contributed by atoms with Crippen molar-refractivity contribution in [1.82, 2.24) is 0 Å². The summed E-state index contributed by atoms with van der Waals surface area (Å²) >= 11 is 0. The van der Waals surface area contributed by atoms with Crippen LogP contribution < -0.4 is 0 Å². The molecule has 5 heteroatoms. The largest absolute Gasteiger partial charge is 0.624 e. The van der Waals surface area contributed by atoms with Gasteiger partial charge in [0.25, 0.3) is 0 Å². The molecule has 0 heterocycles. The third kappa shape index (κ3) is 7.24. The zero-order chi connectivity index (χ0) is 8.53. The Hall–Kier alpha value is -0.650. The number of ether oxygens (including phenoxy) is 1. The van der Waals surface area contributed by atoms with Crippen LogP contribution in [0.4, 0.5) is 0 Å². The minimum absolute atomic E-state index is 0.0489. The van der Waals surface area contributed by atoms with E-state index in [1.807, 2.05) is 0 Å². The van der Waals surface area contributed by atoms with Crippen LogP contribution in [0.5, 0.6) is 0 Å². The van der Waals surface area contributed by atoms with Crippen LogP contribution in [0, 0.1) is 5.21 Å². The molecule has 0 aromatic rings. The highest BCUT2D eigenvalue weighted by atomic mass is 16.5. The van der Waals surface area contributed by atoms with Gasteiger partial charge in [0.2, 0.25) is 0 Å². The Morgan fingerprint density at radius 1 is 1.36 bits per heavy atom. The van der Waals surface area contributed by atoms with Gasteiger partial charge >= 0.3 is 0 Å². The predicted molar refractivity (Wildman–Crippen MR) is 39.5 cm³/mol. The summed E-state index contributed by atoms with van der Waals surface area (Å²) in [5.41, 5.74) is 0. The predicted octanol–water partition coefficient (Wildman–Crippen LogP) is -1.43. The van der Waals surface area contributed by atoms with Gasteiger partial charge in [-0.2, -0.15) is 0 Å². The van der Waals surface area contributed by atoms with Crippen molar-refractivity contribution in [1.29, 1.82) is 0 Å². The van der Waals surface area contributed by atoms with Crippen molar-refractivity contribution < 1.29 is 19.7 Å². The average molecular weight is 163 g/mol. The molecule has 0 aromatic heterocycles. The van der Waals surface area contributed by atoms with E-state index in [4.69, 9.17) is 14.9 Å². The molecule has 0 rings (SSSR count). The summed E-state index contributed by atoms with van der Waals surface area (Å²) in [4.78, 5) is 0. The maximum absolute atomic E-state index is 10.6. The SMILES string of the molecule is [O-][N+](=CCOCCO)CCO. The highest BCUT2D eigenvalue weighted by Gasteiger charge is 1.90. The van der Waals surface area contributed by atoms with Crippen molar-refractivity contribution >= 4 is 6.21 Å². The molecule has 0 saturated heterocycles. The Bertz CT molecular complexity index is 115. The van der Waals surface area contributed by atoms with E-state index in [2.05, 4.69) is 0 Å². The Morgan fingerprint density at radius 3 is 2.64 bits per heavy atom. The lowest BCUT2D eigenvalue weighted by atomic mass is 10.7. The first kappa shape index (κ1) is 10.3. The van der Waals surface area contributed by atoms with E-state index < -0.39 is 0 Å². The molecule has 0 aliphatic carbocycles. The fourth-order valence-electron chi connectivity index (χ4n) is 0.474. The molecule has 0 unspecified atom stereocenters. The van der Waals surface area contributed by atoms with E-state index in [1.165, 1.54) is 6.21 Å². The Morgan fingerprint density at radius 2 is 2.09 bits per heavy atom. The normalized spacial score (nSPS) is 12.0. The number of aliphatic hydroxyl groups is 2. The summed E-state index contributed by atoms with van der Waals surface area (Å²) in [6, 6.07) is 0. The molecule has 0 aliphatic rings. The first-order valence-electron chi connectivity index (χ1n) is 3.38. The third-order valence-corrected chi connectivity index (χ3v) is 0.952. The molecule has 11 heavy (non-hydrogen) atoms. The van der Waals surface area contributed by atoms with E-state index in [0.29, 0.717) is 4.74 Å². The smallest absolute Gasteiger partial charge is 0.176 e. The summed E-state index contributed by atoms with van der Waals surface area (Å²) in [6.07, 6.45) is 1.27. The fourth-order valence-corrected chi connectivity index (χ4v) is 0.474. The molecule has 0 atom stereocenters. The highest BCUT2D eigenvalue weighted by Crippen LogP contribution is 1.71. The van der Waals surface area contributed by atoms with Gasteiger partial charge in [-0.3, -0.25) is 0 Å². The summed E-state index contributed by atoms with van der Waals surface area (Å²) < 4.78 is 5.37. The maximum Gasteiger partial charge on any atom is 0.176 e. The summed E-state index contributed by atoms with van der Waals surface area (Å²) in [5.74, 6) is 0. The quantitative estimate of drug-likeness (QED) is 0.165. The number of hydrogen-bond acceptors (Lipinski definition) is 4. The van der Waals surface area contributed by atoms with E-state index in [1.54, 1.807) is 0 Å². The molecule has 0 amide bonds. The Kier molecular flexibility index (Phi) is 7.02. The van der Waals surface area contributed by atoms with Crippen LogP contribution in [0.15, 0.2) is 0 Å². The number of hydrogen-bond donors (Lipinski definition) is 2. The fraction of sp³-hybridized carbons (Fsp3) is 0.833. The van der Waals surface area contributed by atoms with Gasteiger partial charge in [-0.15, -0.1) is 0 Å². The van der Waals surface area contributed by atoms with E-state index in [9.17, 15) is 5.21 Å². The van der Waals surface area contributed by atoms with Gasteiger partial charge in [0.1, 0.15) is 13.2 Å². The number of hydroxylamine groups is 1. The van der Waals surface area contributed by atoms with E-state index in [-0.39, 0.29) is 33.0 Å². The second-order valence-electron chi connectivity index (χ2n) is 1.85. The van der Waals surface area contributed by atoms with Gasteiger partial charge in [-0.25, -0.2) is 4.74 Å². The van der Waals surface area contributed by atoms with Gasteiger partial charge in [0.05, 0.1) is 13.2 Å². The summed E-state index contributed by atoms with van der Waals surface area (Å²) in [5, 5.41) is 27.1. The molecule has 0 saturated carbocycles. The number of aliphatic hydroxyl groups excluding tert-OH is 2. The molecule has 0 radical (unpaired) electrons. The second kappa shape index (κ2) is 7.46. The maximum atomic E-state index is 10.6. The van der Waals surface area contributed by atoms with E-state index >= 15 is 0 Å².